The molecule has 0 fully saturated rings. The molecule has 0 atom stereocenters. The Morgan fingerprint density at radius 2 is 1.91 bits per heavy atom. The number of anilines is 1. The first-order chi connectivity index (χ1) is 10.4. The van der Waals surface area contributed by atoms with Crippen LogP contribution in [-0.2, 0) is 18.9 Å². The number of nitrogens with zero attached hydrogens (tertiary/aromatic N) is 2. The quantitative estimate of drug-likeness (QED) is 0.804. The molecule has 0 radical (unpaired) electrons. The van der Waals surface area contributed by atoms with E-state index in [1.54, 1.807) is 25.2 Å². The fourth-order valence-corrected chi connectivity index (χ4v) is 2.57. The molecule has 1 aromatic carbocycles. The first-order valence-electron chi connectivity index (χ1n) is 6.48. The molecule has 22 heavy (non-hydrogen) atoms. The van der Waals surface area contributed by atoms with Crippen LogP contribution in [0.4, 0.5) is 5.69 Å². The Morgan fingerprint density at radius 1 is 1.18 bits per heavy atom. The van der Waals surface area contributed by atoms with E-state index in [1.807, 2.05) is 0 Å². The second-order valence-electron chi connectivity index (χ2n) is 5.04. The van der Waals surface area contributed by atoms with Crippen molar-refractivity contribution in [2.75, 3.05) is 5.32 Å². The van der Waals surface area contributed by atoms with Gasteiger partial charge in [0, 0.05) is 36.5 Å². The van der Waals surface area contributed by atoms with Gasteiger partial charge in [-0.25, -0.2) is 4.79 Å². The van der Waals surface area contributed by atoms with Crippen molar-refractivity contribution in [1.29, 1.82) is 0 Å². The molecule has 1 aromatic heterocycles. The van der Waals surface area contributed by atoms with E-state index in [4.69, 9.17) is 11.6 Å². The summed E-state index contributed by atoms with van der Waals surface area (Å²) in [5.41, 5.74) is 1.02. The van der Waals surface area contributed by atoms with Crippen LogP contribution in [-0.4, -0.2) is 15.0 Å². The molecule has 1 N–H and O–H groups in total. The number of carbonyl (C=O) groups excluding carboxylic acids is 1. The molecular weight excluding hydrogens is 306 g/mol. The number of fused-ring (bicyclic) bond motifs is 1. The van der Waals surface area contributed by atoms with Crippen molar-refractivity contribution in [1.82, 2.24) is 9.13 Å². The Kier molecular flexibility index (Phi) is 3.26. The summed E-state index contributed by atoms with van der Waals surface area (Å²) in [6.07, 6.45) is 2.90. The number of aromatic nitrogens is 2. The molecule has 3 rings (SSSR count). The SMILES string of the molecule is Cn1cc(/C=C2\C(=O)Nc3cc(Cl)ccc32)c(=O)n(C)c1=O. The summed E-state index contributed by atoms with van der Waals surface area (Å²) < 4.78 is 2.30. The molecule has 1 aliphatic rings. The average Bonchev–Trinajstić information content (AvgIpc) is 2.77. The molecule has 0 saturated heterocycles. The van der Waals surface area contributed by atoms with E-state index < -0.39 is 11.2 Å². The van der Waals surface area contributed by atoms with Crippen molar-refractivity contribution in [3.8, 4) is 0 Å². The van der Waals surface area contributed by atoms with E-state index in [9.17, 15) is 14.4 Å². The van der Waals surface area contributed by atoms with Crippen molar-refractivity contribution < 1.29 is 4.79 Å². The largest absolute Gasteiger partial charge is 0.330 e. The number of rotatable bonds is 1. The van der Waals surface area contributed by atoms with E-state index >= 15 is 0 Å². The van der Waals surface area contributed by atoms with Crippen molar-refractivity contribution in [2.24, 2.45) is 14.1 Å². The van der Waals surface area contributed by atoms with Gasteiger partial charge < -0.3 is 9.88 Å². The molecule has 0 spiro atoms. The summed E-state index contributed by atoms with van der Waals surface area (Å²) in [6.45, 7) is 0. The van der Waals surface area contributed by atoms with Crippen LogP contribution in [0.1, 0.15) is 11.1 Å². The molecule has 2 aromatic rings. The Morgan fingerprint density at radius 3 is 2.64 bits per heavy atom. The summed E-state index contributed by atoms with van der Waals surface area (Å²) in [6, 6.07) is 5.04. The minimum Gasteiger partial charge on any atom is -0.321 e. The molecule has 0 unspecified atom stereocenters. The van der Waals surface area contributed by atoms with Crippen LogP contribution < -0.4 is 16.6 Å². The second kappa shape index (κ2) is 4.99. The van der Waals surface area contributed by atoms with Crippen molar-refractivity contribution in [3.63, 3.8) is 0 Å². The number of hydrogen-bond donors (Lipinski definition) is 1. The first kappa shape index (κ1) is 14.3. The molecule has 0 bridgehead atoms. The number of aryl methyl sites for hydroxylation is 1. The zero-order chi connectivity index (χ0) is 16.0. The van der Waals surface area contributed by atoms with Crippen LogP contribution in [0.3, 0.4) is 0 Å². The molecule has 2 heterocycles. The topological polar surface area (TPSA) is 73.1 Å². The lowest BCUT2D eigenvalue weighted by Gasteiger charge is -2.04. The molecular formula is C15H12ClN3O3. The normalized spacial score (nSPS) is 15.0. The highest BCUT2D eigenvalue weighted by molar-refractivity contribution is 6.36. The van der Waals surface area contributed by atoms with Crippen molar-refractivity contribution in [2.45, 2.75) is 0 Å². The lowest BCUT2D eigenvalue weighted by atomic mass is 10.1. The minimum atomic E-state index is -0.453. The van der Waals surface area contributed by atoms with Crippen LogP contribution in [0.15, 0.2) is 34.0 Å². The highest BCUT2D eigenvalue weighted by atomic mass is 35.5. The van der Waals surface area contributed by atoms with Gasteiger partial charge in [0.2, 0.25) is 0 Å². The van der Waals surface area contributed by atoms with Crippen LogP contribution in [0.2, 0.25) is 5.02 Å². The summed E-state index contributed by atoms with van der Waals surface area (Å²) in [5.74, 6) is -0.312. The average molecular weight is 318 g/mol. The van der Waals surface area contributed by atoms with Gasteiger partial charge in [-0.15, -0.1) is 0 Å². The Labute approximate surface area is 130 Å². The maximum atomic E-state index is 12.2. The van der Waals surface area contributed by atoms with E-state index in [-0.39, 0.29) is 11.5 Å². The lowest BCUT2D eigenvalue weighted by Crippen LogP contribution is -2.37. The molecule has 0 aliphatic carbocycles. The molecule has 7 heteroatoms. The number of hydrogen-bond acceptors (Lipinski definition) is 3. The third-order valence-corrected chi connectivity index (χ3v) is 3.77. The fourth-order valence-electron chi connectivity index (χ4n) is 2.40. The highest BCUT2D eigenvalue weighted by Crippen LogP contribution is 2.34. The number of nitrogens with one attached hydrogen (secondary N) is 1. The van der Waals surface area contributed by atoms with Gasteiger partial charge in [0.05, 0.1) is 11.3 Å². The van der Waals surface area contributed by atoms with E-state index in [0.717, 1.165) is 4.57 Å². The fraction of sp³-hybridized carbons (Fsp3) is 0.133. The molecule has 112 valence electrons. The maximum absolute atomic E-state index is 12.2. The van der Waals surface area contributed by atoms with E-state index in [1.165, 1.54) is 23.9 Å². The predicted octanol–water partition coefficient (Wildman–Crippen LogP) is 1.23. The monoisotopic (exact) mass is 317 g/mol. The van der Waals surface area contributed by atoms with E-state index in [2.05, 4.69) is 5.32 Å². The summed E-state index contributed by atoms with van der Waals surface area (Å²) in [5, 5.41) is 3.21. The van der Waals surface area contributed by atoms with Gasteiger partial charge in [0.1, 0.15) is 0 Å². The zero-order valence-electron chi connectivity index (χ0n) is 11.9. The van der Waals surface area contributed by atoms with Gasteiger partial charge in [-0.3, -0.25) is 14.2 Å². The maximum Gasteiger partial charge on any atom is 0.330 e. The van der Waals surface area contributed by atoms with Crippen LogP contribution in [0.25, 0.3) is 11.6 Å². The van der Waals surface area contributed by atoms with Crippen LogP contribution in [0, 0.1) is 0 Å². The summed E-state index contributed by atoms with van der Waals surface area (Å²) in [7, 11) is 2.95. The smallest absolute Gasteiger partial charge is 0.321 e. The van der Waals surface area contributed by atoms with E-state index in [0.29, 0.717) is 21.8 Å². The van der Waals surface area contributed by atoms with Gasteiger partial charge in [-0.2, -0.15) is 0 Å². The van der Waals surface area contributed by atoms with Gasteiger partial charge >= 0.3 is 5.69 Å². The van der Waals surface area contributed by atoms with Crippen LogP contribution >= 0.6 is 11.6 Å². The summed E-state index contributed by atoms with van der Waals surface area (Å²) >= 11 is 5.90. The molecule has 0 saturated carbocycles. The first-order valence-corrected chi connectivity index (χ1v) is 6.86. The summed E-state index contributed by atoms with van der Waals surface area (Å²) in [4.78, 5) is 35.9. The van der Waals surface area contributed by atoms with Crippen molar-refractivity contribution >= 4 is 34.8 Å². The van der Waals surface area contributed by atoms with Crippen molar-refractivity contribution in [3.05, 3.63) is 61.4 Å². The minimum absolute atomic E-state index is 0.262. The van der Waals surface area contributed by atoms with Crippen LogP contribution in [0.5, 0.6) is 0 Å². The number of benzene rings is 1. The predicted molar refractivity (Wildman–Crippen MR) is 84.9 cm³/mol. The third-order valence-electron chi connectivity index (χ3n) is 3.54. The third kappa shape index (κ3) is 2.17. The van der Waals surface area contributed by atoms with Gasteiger partial charge in [-0.05, 0) is 18.2 Å². The van der Waals surface area contributed by atoms with Gasteiger partial charge in [0.25, 0.3) is 11.5 Å². The van der Waals surface area contributed by atoms with Gasteiger partial charge in [0.15, 0.2) is 0 Å². The Bertz CT molecular complexity index is 953. The standard InChI is InChI=1S/C15H12ClN3O3/c1-18-7-8(14(21)19(2)15(18)22)5-11-10-4-3-9(16)6-12(10)17-13(11)20/h3-7H,1-2H3,(H,17,20)/b11-5-. The number of halogens is 1. The van der Waals surface area contributed by atoms with Gasteiger partial charge in [-0.1, -0.05) is 17.7 Å². The lowest BCUT2D eigenvalue weighted by molar-refractivity contribution is -0.110. The molecule has 1 amide bonds. The molecule has 1 aliphatic heterocycles. The second-order valence-corrected chi connectivity index (χ2v) is 5.48. The Balaban J connectivity index is 2.21. The number of carbonyl (C=O) groups is 1. The zero-order valence-corrected chi connectivity index (χ0v) is 12.6. The molecule has 6 nitrogen and oxygen atoms in total. The highest BCUT2D eigenvalue weighted by Gasteiger charge is 2.24. The Hall–Kier alpha value is -2.60. The number of amides is 1.